The molecule has 2 atom stereocenters. The molecule has 0 rings (SSSR count). The summed E-state index contributed by atoms with van der Waals surface area (Å²) in [5.41, 5.74) is 0.251. The number of rotatable bonds is 14. The number of carboxylic acid groups (broad SMARTS) is 2. The smallest absolute Gasteiger partial charge is 0.332 e. The third kappa shape index (κ3) is 8.51. The Balaban J connectivity index is 5.39. The molecule has 0 bridgehead atoms. The zero-order chi connectivity index (χ0) is 18.5. The maximum atomic E-state index is 11.7. The average molecular weight is 341 g/mol. The zero-order valence-corrected chi connectivity index (χ0v) is 15.9. The van der Waals surface area contributed by atoms with Crippen LogP contribution in [0.1, 0.15) is 91.9 Å². The minimum atomic E-state index is -1.06. The van der Waals surface area contributed by atoms with Gasteiger partial charge in [-0.2, -0.15) is 0 Å². The molecule has 0 heterocycles. The standard InChI is InChI=1S/C20H36O4/c1-5-9-11-15(7-3)13-17(19(21)22)18(20(23)24)14-16(8-4)12-10-6-2/h15-16H,5-14H2,1-4H3,(H,21,22)(H,23,24)/b18-17+. The van der Waals surface area contributed by atoms with Crippen LogP contribution in [0.3, 0.4) is 0 Å². The highest BCUT2D eigenvalue weighted by Crippen LogP contribution is 2.29. The monoisotopic (exact) mass is 340 g/mol. The molecule has 2 N–H and O–H groups in total. The highest BCUT2D eigenvalue weighted by molar-refractivity contribution is 5.98. The molecule has 0 aromatic heterocycles. The molecule has 2 unspecified atom stereocenters. The van der Waals surface area contributed by atoms with E-state index < -0.39 is 11.9 Å². The second-order valence-corrected chi connectivity index (χ2v) is 6.81. The SMILES string of the molecule is CCCCC(CC)C/C(C(=O)O)=C(/CC(CC)CCCC)C(=O)O. The van der Waals surface area contributed by atoms with Crippen molar-refractivity contribution in [2.24, 2.45) is 11.8 Å². The molecule has 0 fully saturated rings. The third-order valence-corrected chi connectivity index (χ3v) is 4.95. The van der Waals surface area contributed by atoms with Gasteiger partial charge in [-0.15, -0.1) is 0 Å². The molecule has 4 heteroatoms. The van der Waals surface area contributed by atoms with Crippen molar-refractivity contribution in [2.75, 3.05) is 0 Å². The number of aliphatic carboxylic acids is 2. The fourth-order valence-electron chi connectivity index (χ4n) is 3.14. The summed E-state index contributed by atoms with van der Waals surface area (Å²) < 4.78 is 0. The van der Waals surface area contributed by atoms with Crippen molar-refractivity contribution >= 4 is 11.9 Å². The highest BCUT2D eigenvalue weighted by atomic mass is 16.4. The summed E-state index contributed by atoms with van der Waals surface area (Å²) in [4.78, 5) is 23.5. The van der Waals surface area contributed by atoms with E-state index in [1.165, 1.54) is 0 Å². The molecule has 24 heavy (non-hydrogen) atoms. The van der Waals surface area contributed by atoms with Gasteiger partial charge in [0.1, 0.15) is 0 Å². The molecule has 0 aliphatic heterocycles. The Bertz CT molecular complexity index is 374. The van der Waals surface area contributed by atoms with Crippen molar-refractivity contribution in [1.82, 2.24) is 0 Å². The van der Waals surface area contributed by atoms with Crippen LogP contribution in [0, 0.1) is 11.8 Å². The first-order valence-electron chi connectivity index (χ1n) is 9.59. The Labute approximate surface area is 147 Å². The second-order valence-electron chi connectivity index (χ2n) is 6.81. The van der Waals surface area contributed by atoms with Crippen molar-refractivity contribution < 1.29 is 19.8 Å². The number of unbranched alkanes of at least 4 members (excludes halogenated alkanes) is 2. The molecule has 0 amide bonds. The van der Waals surface area contributed by atoms with Gasteiger partial charge in [0.05, 0.1) is 0 Å². The van der Waals surface area contributed by atoms with Gasteiger partial charge in [0.25, 0.3) is 0 Å². The van der Waals surface area contributed by atoms with Crippen LogP contribution in [-0.4, -0.2) is 22.2 Å². The molecule has 0 saturated heterocycles. The molecule has 140 valence electrons. The number of carbonyl (C=O) groups is 2. The molecule has 0 aliphatic carbocycles. The Morgan fingerprint density at radius 3 is 1.25 bits per heavy atom. The second kappa shape index (κ2) is 13.0. The molecule has 0 aromatic carbocycles. The summed E-state index contributed by atoms with van der Waals surface area (Å²) >= 11 is 0. The summed E-state index contributed by atoms with van der Waals surface area (Å²) in [6.45, 7) is 8.33. The maximum absolute atomic E-state index is 11.7. The number of carboxylic acids is 2. The summed E-state index contributed by atoms with van der Waals surface area (Å²) in [7, 11) is 0. The van der Waals surface area contributed by atoms with E-state index in [0.717, 1.165) is 51.4 Å². The van der Waals surface area contributed by atoms with Crippen molar-refractivity contribution in [3.63, 3.8) is 0 Å². The predicted molar refractivity (Wildman–Crippen MR) is 98.1 cm³/mol. The van der Waals surface area contributed by atoms with E-state index in [2.05, 4.69) is 27.7 Å². The molecule has 0 radical (unpaired) electrons. The topological polar surface area (TPSA) is 74.6 Å². The van der Waals surface area contributed by atoms with Crippen LogP contribution >= 0.6 is 0 Å². The van der Waals surface area contributed by atoms with Crippen molar-refractivity contribution in [2.45, 2.75) is 91.9 Å². The first-order valence-corrected chi connectivity index (χ1v) is 9.59. The molecule has 0 saturated carbocycles. The molecule has 0 spiro atoms. The molecular weight excluding hydrogens is 304 g/mol. The van der Waals surface area contributed by atoms with Gasteiger partial charge in [-0.05, 0) is 24.7 Å². The van der Waals surface area contributed by atoms with Gasteiger partial charge in [0, 0.05) is 11.1 Å². The quantitative estimate of drug-likeness (QED) is 0.400. The maximum Gasteiger partial charge on any atom is 0.332 e. The third-order valence-electron chi connectivity index (χ3n) is 4.95. The minimum absolute atomic E-state index is 0.125. The van der Waals surface area contributed by atoms with Gasteiger partial charge in [0.15, 0.2) is 0 Å². The van der Waals surface area contributed by atoms with Crippen LogP contribution in [0.4, 0.5) is 0 Å². The Hall–Kier alpha value is -1.32. The van der Waals surface area contributed by atoms with Gasteiger partial charge in [-0.25, -0.2) is 9.59 Å². The number of hydrogen-bond donors (Lipinski definition) is 2. The van der Waals surface area contributed by atoms with Crippen LogP contribution in [0.15, 0.2) is 11.1 Å². The summed E-state index contributed by atoms with van der Waals surface area (Å²) in [5.74, 6) is -1.62. The predicted octanol–water partition coefficient (Wildman–Crippen LogP) is 5.67. The molecule has 0 aliphatic rings. The van der Waals surface area contributed by atoms with E-state index in [1.54, 1.807) is 0 Å². The van der Waals surface area contributed by atoms with E-state index in [1.807, 2.05) is 0 Å². The fourth-order valence-corrected chi connectivity index (χ4v) is 3.14. The van der Waals surface area contributed by atoms with E-state index in [9.17, 15) is 19.8 Å². The Kier molecular flexibility index (Phi) is 12.3. The normalized spacial score (nSPS) is 14.8. The first-order chi connectivity index (χ1) is 11.4. The van der Waals surface area contributed by atoms with Crippen molar-refractivity contribution in [3.05, 3.63) is 11.1 Å². The summed E-state index contributed by atoms with van der Waals surface area (Å²) in [5, 5.41) is 19.2. The van der Waals surface area contributed by atoms with Crippen molar-refractivity contribution in [1.29, 1.82) is 0 Å². The van der Waals surface area contributed by atoms with E-state index in [-0.39, 0.29) is 23.0 Å². The zero-order valence-electron chi connectivity index (χ0n) is 15.9. The van der Waals surface area contributed by atoms with E-state index in [4.69, 9.17) is 0 Å². The average Bonchev–Trinajstić information content (AvgIpc) is 2.55. The fraction of sp³-hybridized carbons (Fsp3) is 0.800. The van der Waals surface area contributed by atoms with Crippen LogP contribution < -0.4 is 0 Å². The van der Waals surface area contributed by atoms with Crippen molar-refractivity contribution in [3.8, 4) is 0 Å². The highest BCUT2D eigenvalue weighted by Gasteiger charge is 2.25. The van der Waals surface area contributed by atoms with Gasteiger partial charge >= 0.3 is 11.9 Å². The first kappa shape index (κ1) is 22.7. The lowest BCUT2D eigenvalue weighted by Gasteiger charge is -2.19. The number of hydrogen-bond acceptors (Lipinski definition) is 2. The van der Waals surface area contributed by atoms with E-state index in [0.29, 0.717) is 12.8 Å². The van der Waals surface area contributed by atoms with Crippen LogP contribution in [0.2, 0.25) is 0 Å². The minimum Gasteiger partial charge on any atom is -0.478 e. The van der Waals surface area contributed by atoms with Crippen LogP contribution in [0.5, 0.6) is 0 Å². The Morgan fingerprint density at radius 1 is 0.708 bits per heavy atom. The Morgan fingerprint density at radius 2 is 1.04 bits per heavy atom. The molecule has 4 nitrogen and oxygen atoms in total. The molecular formula is C20H36O4. The van der Waals surface area contributed by atoms with Gasteiger partial charge in [-0.3, -0.25) is 0 Å². The lowest BCUT2D eigenvalue weighted by atomic mass is 9.85. The van der Waals surface area contributed by atoms with Gasteiger partial charge in [0.2, 0.25) is 0 Å². The lowest BCUT2D eigenvalue weighted by molar-refractivity contribution is -0.136. The summed E-state index contributed by atoms with van der Waals surface area (Å²) in [6, 6.07) is 0. The lowest BCUT2D eigenvalue weighted by Crippen LogP contribution is -2.17. The van der Waals surface area contributed by atoms with Crippen LogP contribution in [0.25, 0.3) is 0 Å². The van der Waals surface area contributed by atoms with Gasteiger partial charge < -0.3 is 10.2 Å². The largest absolute Gasteiger partial charge is 0.478 e. The molecule has 0 aromatic rings. The van der Waals surface area contributed by atoms with Gasteiger partial charge in [-0.1, -0.05) is 79.1 Å². The van der Waals surface area contributed by atoms with Crippen LogP contribution in [-0.2, 0) is 9.59 Å². The van der Waals surface area contributed by atoms with E-state index >= 15 is 0 Å². The summed E-state index contributed by atoms with van der Waals surface area (Å²) in [6.07, 6.45) is 8.70.